The third kappa shape index (κ3) is 67.0. The standard InChI is InChI=1S/C15H26F2N2O4.C14H26FNO2.C13H21FN2O3.C9H14FNO4.C8H12FNO4.3C3H4F4O2/c1-14(2)6-11(19-13(21)23-10-17)7-15(3,8-14)9-18-12(20)22-5-4-16;1-11-7-13(2,3)9-14(4,8-11)10-16-12(17)18-6-5-15;1-12(2)4-10(16-9-17)5-13(3,6-12)7-15-11(18)19-8-14;1-7(2)8(12)14-6-4-11-9(13)15-5-3-10;1-6(2)7(11)13-4-3-10-8(12)14-5-9;3*4-2-8-3(5,6)1-9-7/h11H,4-10H2,1-3H3,(H,18,20)(H,19,21);11H,5-10H2,1-4H3,(H,16,17);10H,4-8H2,1-3H3,(H,15,18);1,3-6H2,2H3,(H,11,13);1,3-5H2,2H3,(H,10,12);3*1-2H2. The molecule has 6 N–H and O–H groups in total. The number of hydrogen-bond acceptors (Lipinski definition) is 24. The van der Waals surface area contributed by atoms with E-state index in [0.29, 0.717) is 43.8 Å². The molecule has 682 valence electrons. The van der Waals surface area contributed by atoms with Gasteiger partial charge in [0.15, 0.2) is 40.4 Å². The number of aliphatic imine (C=N–C) groups is 1. The molecule has 0 aromatic rings. The van der Waals surface area contributed by atoms with Gasteiger partial charge >= 0.3 is 66.8 Å². The monoisotopic (exact) mass is 1740 g/mol. The van der Waals surface area contributed by atoms with E-state index in [1.54, 1.807) is 6.08 Å². The van der Waals surface area contributed by atoms with Gasteiger partial charge in [-0.15, -0.1) is 0 Å². The van der Waals surface area contributed by atoms with Crippen LogP contribution in [0.4, 0.5) is 108 Å². The molecule has 0 bridgehead atoms. The van der Waals surface area contributed by atoms with Gasteiger partial charge in [-0.05, 0) is 124 Å². The third-order valence-corrected chi connectivity index (χ3v) is 14.9. The number of nitrogens with one attached hydrogen (secondary N) is 6. The van der Waals surface area contributed by atoms with Crippen molar-refractivity contribution >= 4 is 54.6 Å². The predicted octanol–water partition coefficient (Wildman–Crippen LogP) is 14.8. The maximum atomic E-state index is 12.0. The molecule has 6 amide bonds. The van der Waals surface area contributed by atoms with E-state index in [0.717, 1.165) is 38.5 Å². The Morgan fingerprint density at radius 2 is 0.707 bits per heavy atom. The molecule has 3 aliphatic rings. The molecule has 0 aromatic carbocycles. The molecule has 30 nitrogen and oxygen atoms in total. The Bertz CT molecular complexity index is 2770. The zero-order chi connectivity index (χ0) is 90.5. The Morgan fingerprint density at radius 3 is 1.02 bits per heavy atom. The van der Waals surface area contributed by atoms with Gasteiger partial charge in [0, 0.05) is 36.8 Å². The maximum Gasteiger partial charge on any atom is 0.409 e. The summed E-state index contributed by atoms with van der Waals surface area (Å²) in [7, 11) is 0. The number of carbonyl (C=O) groups is 8. The number of rotatable bonds is 37. The smallest absolute Gasteiger partial charge is 0.409 e. The number of alkyl halides is 15. The van der Waals surface area contributed by atoms with Crippen molar-refractivity contribution in [2.24, 2.45) is 43.4 Å². The average molecular weight is 1740 g/mol. The normalized spacial score (nSPS) is 19.8. The molecule has 0 heterocycles. The quantitative estimate of drug-likeness (QED) is 0.00640. The molecule has 3 saturated carbocycles. The SMILES string of the molecule is C=C(C)C(=O)OCCNC(=O)OCCF.C=C(C)C(=O)OCCNC(=O)OCF.CC1(C)CC(N=C=O)CC(C)(CNC(=O)OCF)C1.CC1(C)CC(NC(=O)OCF)CC(C)(CNC(=O)OCCF)C1.CC1CC(C)(C)CC(C)(CNC(=O)OCCF)C1.FCOC(F)(F)COF.FCOC(F)(F)COF.FCOC(F)(F)COF. The van der Waals surface area contributed by atoms with Gasteiger partial charge in [0.2, 0.25) is 26.7 Å². The number of alkyl carbamates (subject to hydrolysis) is 6. The number of nitrogens with zero attached hydrogens (tertiary/aromatic N) is 1. The molecule has 0 radical (unpaired) electrons. The Hall–Kier alpha value is -8.08. The third-order valence-electron chi connectivity index (χ3n) is 14.9. The molecule has 0 aliphatic heterocycles. The first-order valence-electron chi connectivity index (χ1n) is 34.8. The zero-order valence-electron chi connectivity index (χ0n) is 66.7. The first-order chi connectivity index (χ1) is 53.8. The number of amides is 6. The summed E-state index contributed by atoms with van der Waals surface area (Å²) in [6.07, 6.45) is -6.32. The van der Waals surface area contributed by atoms with Crippen LogP contribution in [0.5, 0.6) is 0 Å². The molecule has 0 spiro atoms. The van der Waals surface area contributed by atoms with Crippen molar-refractivity contribution in [1.29, 1.82) is 0 Å². The highest BCUT2D eigenvalue weighted by atomic mass is 19.3. The number of hydrogen-bond donors (Lipinski definition) is 6. The Labute approximate surface area is 660 Å². The van der Waals surface area contributed by atoms with Gasteiger partial charge in [0.05, 0.1) is 19.1 Å². The molecule has 3 aliphatic carbocycles. The van der Waals surface area contributed by atoms with E-state index in [4.69, 9.17) is 0 Å². The minimum atomic E-state index is -3.87. The van der Waals surface area contributed by atoms with Crippen LogP contribution in [-0.2, 0) is 81.3 Å². The summed E-state index contributed by atoms with van der Waals surface area (Å²) in [6, 6.07) is -0.253. The second-order valence-corrected chi connectivity index (χ2v) is 28.8. The number of halogens is 18. The molecule has 6 unspecified atom stereocenters. The van der Waals surface area contributed by atoms with E-state index in [1.807, 2.05) is 13.8 Å². The largest absolute Gasteiger partial charge is 0.460 e. The molecular formula is C68H111F18N7O23. The van der Waals surface area contributed by atoms with Crippen molar-refractivity contribution < 1.29 is 190 Å². The van der Waals surface area contributed by atoms with Gasteiger partial charge < -0.3 is 69.8 Å². The van der Waals surface area contributed by atoms with E-state index in [2.05, 4.69) is 172 Å². The minimum Gasteiger partial charge on any atom is -0.460 e. The zero-order valence-corrected chi connectivity index (χ0v) is 66.7. The summed E-state index contributed by atoms with van der Waals surface area (Å²) in [4.78, 5) is 110. The molecule has 3 rings (SSSR count). The van der Waals surface area contributed by atoms with Crippen molar-refractivity contribution in [3.63, 3.8) is 0 Å². The van der Waals surface area contributed by atoms with Crippen LogP contribution in [0, 0.1) is 38.4 Å². The molecule has 3 fully saturated rings. The lowest BCUT2D eigenvalue weighted by molar-refractivity contribution is -0.313. The van der Waals surface area contributed by atoms with Crippen LogP contribution in [0.1, 0.15) is 141 Å². The minimum absolute atomic E-state index is 0.00687. The van der Waals surface area contributed by atoms with Crippen LogP contribution in [0.15, 0.2) is 29.3 Å². The van der Waals surface area contributed by atoms with Gasteiger partial charge in [0.1, 0.15) is 53.1 Å². The second-order valence-electron chi connectivity index (χ2n) is 28.8. The molecule has 6 atom stereocenters. The highest BCUT2D eigenvalue weighted by Gasteiger charge is 2.44. The van der Waals surface area contributed by atoms with Crippen molar-refractivity contribution in [2.75, 3.05) is 147 Å². The van der Waals surface area contributed by atoms with Crippen molar-refractivity contribution in [3.8, 4) is 0 Å². The summed E-state index contributed by atoms with van der Waals surface area (Å²) >= 11 is 0. The Morgan fingerprint density at radius 1 is 0.405 bits per heavy atom. The van der Waals surface area contributed by atoms with Crippen molar-refractivity contribution in [3.05, 3.63) is 24.3 Å². The van der Waals surface area contributed by atoms with Crippen molar-refractivity contribution in [1.82, 2.24) is 31.9 Å². The molecule has 48 heteroatoms. The van der Waals surface area contributed by atoms with E-state index >= 15 is 0 Å². The second kappa shape index (κ2) is 63.1. The predicted molar refractivity (Wildman–Crippen MR) is 373 cm³/mol. The molecule has 0 aromatic heterocycles. The number of isocyanates is 1. The van der Waals surface area contributed by atoms with Gasteiger partial charge in [-0.25, -0.2) is 87.7 Å². The highest BCUT2D eigenvalue weighted by Crippen LogP contribution is 2.49. The summed E-state index contributed by atoms with van der Waals surface area (Å²) in [6.45, 7) is 16.7. The number of carbonyl (C=O) groups excluding carboxylic acids is 9. The molecular weight excluding hydrogens is 1620 g/mol. The summed E-state index contributed by atoms with van der Waals surface area (Å²) in [5.74, 6) is -0.387. The molecule has 116 heavy (non-hydrogen) atoms. The van der Waals surface area contributed by atoms with E-state index in [1.165, 1.54) is 20.3 Å². The molecule has 0 saturated heterocycles. The van der Waals surface area contributed by atoms with E-state index in [-0.39, 0.29) is 96.4 Å². The van der Waals surface area contributed by atoms with Gasteiger partial charge in [0.25, 0.3) is 0 Å². The van der Waals surface area contributed by atoms with Crippen LogP contribution in [0.3, 0.4) is 0 Å². The summed E-state index contributed by atoms with van der Waals surface area (Å²) < 4.78 is 250. The fourth-order valence-electron chi connectivity index (χ4n) is 12.3. The van der Waals surface area contributed by atoms with E-state index in [9.17, 15) is 123 Å². The summed E-state index contributed by atoms with van der Waals surface area (Å²) in [5, 5.41) is 15.0. The van der Waals surface area contributed by atoms with Crippen LogP contribution in [0.25, 0.3) is 0 Å². The average Bonchev–Trinajstić information content (AvgIpc) is 0.813. The van der Waals surface area contributed by atoms with Crippen LogP contribution >= 0.6 is 0 Å². The lowest BCUT2D eigenvalue weighted by atomic mass is 9.61. The van der Waals surface area contributed by atoms with Gasteiger partial charge in [-0.3, -0.25) is 14.2 Å². The fraction of sp³-hybridized carbons (Fsp3) is 0.809. The lowest BCUT2D eigenvalue weighted by Crippen LogP contribution is -2.50. The topological polar surface area (TPSA) is 367 Å². The van der Waals surface area contributed by atoms with Crippen molar-refractivity contribution in [2.45, 2.75) is 171 Å². The van der Waals surface area contributed by atoms with E-state index < -0.39 is 148 Å². The Balaban J connectivity index is -0.000000413. The van der Waals surface area contributed by atoms with Gasteiger partial charge in [-0.2, -0.15) is 41.2 Å². The Kier molecular flexibility index (Phi) is 63.3. The summed E-state index contributed by atoms with van der Waals surface area (Å²) in [5.41, 5.74) is 0.486. The first-order valence-corrected chi connectivity index (χ1v) is 34.8. The van der Waals surface area contributed by atoms with Crippen LogP contribution in [-0.4, -0.2) is 232 Å². The number of esters is 2. The van der Waals surface area contributed by atoms with Crippen LogP contribution in [0.2, 0.25) is 0 Å². The van der Waals surface area contributed by atoms with Crippen LogP contribution < -0.4 is 31.9 Å². The highest BCUT2D eigenvalue weighted by molar-refractivity contribution is 5.87. The number of ether oxygens (including phenoxy) is 11. The maximum absolute atomic E-state index is 12.0. The lowest BCUT2D eigenvalue weighted by Gasteiger charge is -2.46. The first kappa shape index (κ1) is 116. The fourth-order valence-corrected chi connectivity index (χ4v) is 12.3. The van der Waals surface area contributed by atoms with Gasteiger partial charge in [-0.1, -0.05) is 82.4 Å².